The molecule has 1 saturated heterocycles. The van der Waals surface area contributed by atoms with Crippen molar-refractivity contribution in [2.75, 3.05) is 11.4 Å². The van der Waals surface area contributed by atoms with Crippen molar-refractivity contribution in [1.82, 2.24) is 30.1 Å². The van der Waals surface area contributed by atoms with Gasteiger partial charge in [0.25, 0.3) is 11.8 Å². The van der Waals surface area contributed by atoms with Crippen LogP contribution in [0.1, 0.15) is 34.3 Å². The van der Waals surface area contributed by atoms with Crippen LogP contribution in [0.2, 0.25) is 0 Å². The summed E-state index contributed by atoms with van der Waals surface area (Å²) in [5, 5.41) is 13.4. The third-order valence-corrected chi connectivity index (χ3v) is 4.57. The Morgan fingerprint density at radius 1 is 1.42 bits per heavy atom. The average Bonchev–Trinajstić information content (AvgIpc) is 3.33. The zero-order valence-electron chi connectivity index (χ0n) is 14.1. The second-order valence-electron chi connectivity index (χ2n) is 6.36. The SMILES string of the molecule is CC1CC(NC(=O)c2cc(C(N)=O)n[nH]2)CN1c1ncnn2cccc12. The molecule has 1 fully saturated rings. The smallest absolute Gasteiger partial charge is 0.269 e. The van der Waals surface area contributed by atoms with Crippen molar-refractivity contribution in [3.63, 3.8) is 0 Å². The highest BCUT2D eigenvalue weighted by molar-refractivity contribution is 5.97. The van der Waals surface area contributed by atoms with Crippen LogP contribution in [-0.2, 0) is 0 Å². The van der Waals surface area contributed by atoms with Crippen LogP contribution in [-0.4, -0.2) is 55.2 Å². The van der Waals surface area contributed by atoms with Crippen molar-refractivity contribution in [3.8, 4) is 0 Å². The van der Waals surface area contributed by atoms with Crippen molar-refractivity contribution in [2.24, 2.45) is 5.73 Å². The van der Waals surface area contributed by atoms with Crippen LogP contribution in [0.3, 0.4) is 0 Å². The lowest BCUT2D eigenvalue weighted by atomic mass is 10.2. The van der Waals surface area contributed by atoms with Crippen LogP contribution in [0.4, 0.5) is 5.82 Å². The van der Waals surface area contributed by atoms with Gasteiger partial charge in [0.2, 0.25) is 0 Å². The standard InChI is InChI=1S/C16H18N8O2/c1-9-5-10(20-16(26)12-6-11(14(17)25)21-22-12)7-23(9)15-13-3-2-4-24(13)19-8-18-15/h2-4,6,8-10H,5,7H2,1H3,(H2,17,25)(H,20,26)(H,21,22). The van der Waals surface area contributed by atoms with Gasteiger partial charge in [-0.05, 0) is 25.5 Å². The number of hydrogen-bond acceptors (Lipinski definition) is 6. The van der Waals surface area contributed by atoms with Crippen LogP contribution < -0.4 is 16.0 Å². The highest BCUT2D eigenvalue weighted by atomic mass is 16.2. The van der Waals surface area contributed by atoms with E-state index < -0.39 is 5.91 Å². The maximum atomic E-state index is 12.4. The van der Waals surface area contributed by atoms with Gasteiger partial charge in [-0.1, -0.05) is 0 Å². The summed E-state index contributed by atoms with van der Waals surface area (Å²) in [5.41, 5.74) is 6.32. The summed E-state index contributed by atoms with van der Waals surface area (Å²) in [6.07, 6.45) is 4.17. The molecule has 3 aromatic rings. The third-order valence-electron chi connectivity index (χ3n) is 4.57. The molecular weight excluding hydrogens is 336 g/mol. The zero-order chi connectivity index (χ0) is 18.3. The van der Waals surface area contributed by atoms with E-state index in [4.69, 9.17) is 5.73 Å². The average molecular weight is 354 g/mol. The normalized spacial score (nSPS) is 19.8. The topological polar surface area (TPSA) is 134 Å². The van der Waals surface area contributed by atoms with E-state index in [2.05, 4.69) is 37.4 Å². The second-order valence-corrected chi connectivity index (χ2v) is 6.36. The van der Waals surface area contributed by atoms with Crippen molar-refractivity contribution in [2.45, 2.75) is 25.4 Å². The van der Waals surface area contributed by atoms with Crippen molar-refractivity contribution < 1.29 is 9.59 Å². The van der Waals surface area contributed by atoms with Gasteiger partial charge >= 0.3 is 0 Å². The Morgan fingerprint density at radius 2 is 2.27 bits per heavy atom. The minimum atomic E-state index is -0.680. The monoisotopic (exact) mass is 354 g/mol. The van der Waals surface area contributed by atoms with E-state index >= 15 is 0 Å². The van der Waals surface area contributed by atoms with Gasteiger partial charge in [-0.3, -0.25) is 14.7 Å². The van der Waals surface area contributed by atoms with E-state index in [1.165, 1.54) is 12.4 Å². The molecule has 26 heavy (non-hydrogen) atoms. The number of fused-ring (bicyclic) bond motifs is 1. The van der Waals surface area contributed by atoms with Gasteiger partial charge in [0.1, 0.15) is 17.5 Å². The Labute approximate surface area is 148 Å². The molecule has 3 aromatic heterocycles. The van der Waals surface area contributed by atoms with E-state index in [1.807, 2.05) is 18.3 Å². The maximum absolute atomic E-state index is 12.4. The number of carbonyl (C=O) groups excluding carboxylic acids is 2. The van der Waals surface area contributed by atoms with Gasteiger partial charge in [-0.2, -0.15) is 10.2 Å². The Bertz CT molecular complexity index is 977. The fourth-order valence-corrected chi connectivity index (χ4v) is 3.33. The number of H-pyrrole nitrogens is 1. The number of nitrogens with two attached hydrogens (primary N) is 1. The van der Waals surface area contributed by atoms with Crippen molar-refractivity contribution in [1.29, 1.82) is 0 Å². The molecule has 1 aliphatic heterocycles. The van der Waals surface area contributed by atoms with E-state index in [1.54, 1.807) is 4.52 Å². The fraction of sp³-hybridized carbons (Fsp3) is 0.312. The molecule has 2 amide bonds. The Hall–Kier alpha value is -3.43. The molecule has 4 rings (SSSR count). The van der Waals surface area contributed by atoms with Gasteiger partial charge in [-0.15, -0.1) is 0 Å². The minimum Gasteiger partial charge on any atom is -0.364 e. The number of aromatic nitrogens is 5. The summed E-state index contributed by atoms with van der Waals surface area (Å²) >= 11 is 0. The van der Waals surface area contributed by atoms with Crippen LogP contribution in [0.25, 0.3) is 5.52 Å². The van der Waals surface area contributed by atoms with Crippen LogP contribution in [0, 0.1) is 0 Å². The van der Waals surface area contributed by atoms with Crippen molar-refractivity contribution in [3.05, 3.63) is 42.1 Å². The first-order valence-corrected chi connectivity index (χ1v) is 8.24. The molecule has 10 heteroatoms. The van der Waals surface area contributed by atoms with E-state index in [-0.39, 0.29) is 29.4 Å². The number of rotatable bonds is 4. The highest BCUT2D eigenvalue weighted by Gasteiger charge is 2.32. The van der Waals surface area contributed by atoms with Crippen LogP contribution >= 0.6 is 0 Å². The highest BCUT2D eigenvalue weighted by Crippen LogP contribution is 2.27. The van der Waals surface area contributed by atoms with E-state index in [9.17, 15) is 9.59 Å². The molecule has 134 valence electrons. The summed E-state index contributed by atoms with van der Waals surface area (Å²) in [7, 11) is 0. The number of anilines is 1. The number of hydrogen-bond donors (Lipinski definition) is 3. The summed E-state index contributed by atoms with van der Waals surface area (Å²) < 4.78 is 1.77. The number of aromatic amines is 1. The summed E-state index contributed by atoms with van der Waals surface area (Å²) in [6, 6.07) is 5.38. The zero-order valence-corrected chi connectivity index (χ0v) is 14.1. The Kier molecular flexibility index (Phi) is 3.79. The summed E-state index contributed by atoms with van der Waals surface area (Å²) in [6.45, 7) is 2.72. The molecule has 0 aromatic carbocycles. The molecular formula is C16H18N8O2. The lowest BCUT2D eigenvalue weighted by molar-refractivity contribution is 0.0934. The predicted molar refractivity (Wildman–Crippen MR) is 92.8 cm³/mol. The molecule has 10 nitrogen and oxygen atoms in total. The molecule has 4 N–H and O–H groups in total. The number of primary amides is 1. The summed E-state index contributed by atoms with van der Waals surface area (Å²) in [4.78, 5) is 30.0. The van der Waals surface area contributed by atoms with E-state index in [0.717, 1.165) is 17.8 Å². The molecule has 0 aliphatic carbocycles. The number of amides is 2. The molecule has 2 atom stereocenters. The first-order chi connectivity index (χ1) is 12.5. The molecule has 0 saturated carbocycles. The van der Waals surface area contributed by atoms with Gasteiger partial charge < -0.3 is 16.0 Å². The first-order valence-electron chi connectivity index (χ1n) is 8.24. The van der Waals surface area contributed by atoms with Gasteiger partial charge in [-0.25, -0.2) is 9.50 Å². The largest absolute Gasteiger partial charge is 0.364 e. The Balaban J connectivity index is 1.49. The molecule has 1 aliphatic rings. The maximum Gasteiger partial charge on any atom is 0.269 e. The van der Waals surface area contributed by atoms with Crippen molar-refractivity contribution >= 4 is 23.1 Å². The van der Waals surface area contributed by atoms with Crippen LogP contribution in [0.5, 0.6) is 0 Å². The summed E-state index contributed by atoms with van der Waals surface area (Å²) in [5.74, 6) is -0.160. The molecule has 0 bridgehead atoms. The number of nitrogens with one attached hydrogen (secondary N) is 2. The molecule has 2 unspecified atom stereocenters. The lowest BCUT2D eigenvalue weighted by Gasteiger charge is -2.22. The quantitative estimate of drug-likeness (QED) is 0.601. The molecule has 4 heterocycles. The van der Waals surface area contributed by atoms with E-state index in [0.29, 0.717) is 6.54 Å². The fourth-order valence-electron chi connectivity index (χ4n) is 3.33. The van der Waals surface area contributed by atoms with Crippen LogP contribution in [0.15, 0.2) is 30.7 Å². The lowest BCUT2D eigenvalue weighted by Crippen LogP contribution is -2.37. The second kappa shape index (κ2) is 6.14. The number of nitrogens with zero attached hydrogens (tertiary/aromatic N) is 5. The van der Waals surface area contributed by atoms with Gasteiger partial charge in [0.15, 0.2) is 11.5 Å². The molecule has 0 spiro atoms. The van der Waals surface area contributed by atoms with Gasteiger partial charge in [0.05, 0.1) is 0 Å². The third kappa shape index (κ3) is 2.75. The first kappa shape index (κ1) is 16.1. The van der Waals surface area contributed by atoms with Gasteiger partial charge in [0, 0.05) is 30.9 Å². The Morgan fingerprint density at radius 3 is 3.04 bits per heavy atom. The minimum absolute atomic E-state index is 0.0353. The molecule has 0 radical (unpaired) electrons. The number of carbonyl (C=O) groups is 2. The predicted octanol–water partition coefficient (Wildman–Crippen LogP) is -0.0515.